The Morgan fingerprint density at radius 3 is 2.34 bits per heavy atom. The Morgan fingerprint density at radius 2 is 1.62 bits per heavy atom. The summed E-state index contributed by atoms with van der Waals surface area (Å²) in [7, 11) is 0. The fraction of sp³-hybridized carbons (Fsp3) is 0.296. The first-order valence-electron chi connectivity index (χ1n) is 11.1. The Labute approximate surface area is 189 Å². The molecule has 3 aromatic rings. The SMILES string of the molecule is O=C(O)CCc1ccc(OCc2ccc(CN3CCOC(c4ccccc4)C3)cc2)cc1. The molecule has 0 saturated carbocycles. The van der Waals surface area contributed by atoms with Crippen LogP contribution in [0.1, 0.15) is 34.8 Å². The van der Waals surface area contributed by atoms with Gasteiger partial charge in [-0.25, -0.2) is 0 Å². The van der Waals surface area contributed by atoms with Crippen LogP contribution < -0.4 is 4.74 Å². The van der Waals surface area contributed by atoms with Crippen molar-refractivity contribution in [2.75, 3.05) is 19.7 Å². The highest BCUT2D eigenvalue weighted by Gasteiger charge is 2.21. The van der Waals surface area contributed by atoms with E-state index >= 15 is 0 Å². The second-order valence-corrected chi connectivity index (χ2v) is 8.15. The van der Waals surface area contributed by atoms with Crippen molar-refractivity contribution >= 4 is 5.97 Å². The molecule has 1 unspecified atom stereocenters. The van der Waals surface area contributed by atoms with Crippen molar-refractivity contribution < 1.29 is 19.4 Å². The van der Waals surface area contributed by atoms with Gasteiger partial charge in [0, 0.05) is 26.1 Å². The number of aryl methyl sites for hydroxylation is 1. The number of nitrogens with zero attached hydrogens (tertiary/aromatic N) is 1. The molecule has 3 aromatic carbocycles. The summed E-state index contributed by atoms with van der Waals surface area (Å²) in [5.74, 6) is 0.00632. The van der Waals surface area contributed by atoms with E-state index in [1.165, 1.54) is 11.1 Å². The van der Waals surface area contributed by atoms with Crippen LogP contribution in [0.2, 0.25) is 0 Å². The number of aliphatic carboxylic acids is 1. The van der Waals surface area contributed by atoms with Gasteiger partial charge in [-0.05, 0) is 40.8 Å². The van der Waals surface area contributed by atoms with Crippen molar-refractivity contribution in [3.8, 4) is 5.75 Å². The smallest absolute Gasteiger partial charge is 0.303 e. The molecular weight excluding hydrogens is 402 g/mol. The van der Waals surface area contributed by atoms with E-state index in [-0.39, 0.29) is 12.5 Å². The summed E-state index contributed by atoms with van der Waals surface area (Å²) in [6.45, 7) is 4.00. The summed E-state index contributed by atoms with van der Waals surface area (Å²) < 4.78 is 11.9. The van der Waals surface area contributed by atoms with E-state index in [0.717, 1.165) is 43.1 Å². The molecule has 0 aliphatic carbocycles. The van der Waals surface area contributed by atoms with Crippen molar-refractivity contribution in [1.29, 1.82) is 0 Å². The lowest BCUT2D eigenvalue weighted by molar-refractivity contribution is -0.136. The molecule has 32 heavy (non-hydrogen) atoms. The highest BCUT2D eigenvalue weighted by atomic mass is 16.5. The summed E-state index contributed by atoms with van der Waals surface area (Å²) in [5, 5.41) is 8.78. The van der Waals surface area contributed by atoms with Crippen LogP contribution in [-0.2, 0) is 29.1 Å². The Balaban J connectivity index is 1.25. The van der Waals surface area contributed by atoms with Gasteiger partial charge in [0.15, 0.2) is 0 Å². The van der Waals surface area contributed by atoms with Crippen LogP contribution in [0.5, 0.6) is 5.75 Å². The van der Waals surface area contributed by atoms with Crippen LogP contribution in [0.25, 0.3) is 0 Å². The van der Waals surface area contributed by atoms with Gasteiger partial charge >= 0.3 is 5.97 Å². The van der Waals surface area contributed by atoms with Crippen molar-refractivity contribution in [2.45, 2.75) is 32.1 Å². The maximum atomic E-state index is 10.7. The largest absolute Gasteiger partial charge is 0.489 e. The van der Waals surface area contributed by atoms with Gasteiger partial charge in [0.2, 0.25) is 0 Å². The van der Waals surface area contributed by atoms with Crippen molar-refractivity contribution in [1.82, 2.24) is 4.90 Å². The molecule has 5 heteroatoms. The lowest BCUT2D eigenvalue weighted by atomic mass is 10.1. The Kier molecular flexibility index (Phi) is 7.54. The molecule has 1 N–H and O–H groups in total. The highest BCUT2D eigenvalue weighted by Crippen LogP contribution is 2.23. The van der Waals surface area contributed by atoms with Gasteiger partial charge in [-0.15, -0.1) is 0 Å². The second kappa shape index (κ2) is 10.9. The van der Waals surface area contributed by atoms with Crippen LogP contribution in [0, 0.1) is 0 Å². The first kappa shape index (κ1) is 22.1. The predicted molar refractivity (Wildman–Crippen MR) is 124 cm³/mol. The molecule has 0 amide bonds. The maximum absolute atomic E-state index is 10.7. The fourth-order valence-electron chi connectivity index (χ4n) is 3.88. The van der Waals surface area contributed by atoms with Crippen LogP contribution >= 0.6 is 0 Å². The third kappa shape index (κ3) is 6.42. The van der Waals surface area contributed by atoms with Crippen molar-refractivity contribution in [3.63, 3.8) is 0 Å². The zero-order valence-electron chi connectivity index (χ0n) is 18.2. The fourth-order valence-corrected chi connectivity index (χ4v) is 3.88. The first-order chi connectivity index (χ1) is 15.7. The lowest BCUT2D eigenvalue weighted by Gasteiger charge is -2.33. The minimum atomic E-state index is -0.779. The van der Waals surface area contributed by atoms with Gasteiger partial charge in [-0.2, -0.15) is 0 Å². The van der Waals surface area contributed by atoms with E-state index < -0.39 is 5.97 Å². The number of carboxylic acid groups (broad SMARTS) is 1. The number of ether oxygens (including phenoxy) is 2. The normalized spacial score (nSPS) is 16.6. The van der Waals surface area contributed by atoms with E-state index in [9.17, 15) is 4.79 Å². The zero-order valence-corrected chi connectivity index (χ0v) is 18.2. The minimum absolute atomic E-state index is 0.133. The zero-order chi connectivity index (χ0) is 22.2. The molecular formula is C27H29NO4. The Bertz CT molecular complexity index is 986. The third-order valence-corrected chi connectivity index (χ3v) is 5.71. The average Bonchev–Trinajstić information content (AvgIpc) is 2.84. The molecule has 5 nitrogen and oxygen atoms in total. The molecule has 1 saturated heterocycles. The molecule has 0 aromatic heterocycles. The summed E-state index contributed by atoms with van der Waals surface area (Å²) in [5.41, 5.74) is 4.64. The van der Waals surface area contributed by atoms with Gasteiger partial charge in [-0.1, -0.05) is 66.7 Å². The number of morpholine rings is 1. The molecule has 1 atom stereocenters. The number of benzene rings is 3. The molecule has 0 radical (unpaired) electrons. The van der Waals surface area contributed by atoms with Gasteiger partial charge in [0.1, 0.15) is 12.4 Å². The van der Waals surface area contributed by atoms with E-state index in [1.807, 2.05) is 30.3 Å². The molecule has 1 heterocycles. The Hall–Kier alpha value is -3.15. The number of hydrogen-bond donors (Lipinski definition) is 1. The lowest BCUT2D eigenvalue weighted by Crippen LogP contribution is -2.37. The molecule has 0 spiro atoms. The van der Waals surface area contributed by atoms with Crippen LogP contribution in [-0.4, -0.2) is 35.7 Å². The van der Waals surface area contributed by atoms with Gasteiger partial charge in [0.25, 0.3) is 0 Å². The molecule has 1 fully saturated rings. The Morgan fingerprint density at radius 1 is 0.938 bits per heavy atom. The second-order valence-electron chi connectivity index (χ2n) is 8.15. The monoisotopic (exact) mass is 431 g/mol. The van der Waals surface area contributed by atoms with E-state index in [0.29, 0.717) is 13.0 Å². The molecule has 1 aliphatic rings. The highest BCUT2D eigenvalue weighted by molar-refractivity contribution is 5.67. The van der Waals surface area contributed by atoms with E-state index in [1.54, 1.807) is 0 Å². The number of carbonyl (C=O) groups is 1. The molecule has 4 rings (SSSR count). The van der Waals surface area contributed by atoms with Gasteiger partial charge < -0.3 is 14.6 Å². The average molecular weight is 432 g/mol. The molecule has 166 valence electrons. The van der Waals surface area contributed by atoms with Crippen molar-refractivity contribution in [2.24, 2.45) is 0 Å². The summed E-state index contributed by atoms with van der Waals surface area (Å²) in [6.07, 6.45) is 0.809. The third-order valence-electron chi connectivity index (χ3n) is 5.71. The predicted octanol–water partition coefficient (Wildman–Crippen LogP) is 4.86. The van der Waals surface area contributed by atoms with Crippen LogP contribution in [0.4, 0.5) is 0 Å². The summed E-state index contributed by atoms with van der Waals surface area (Å²) in [6, 6.07) is 26.6. The van der Waals surface area contributed by atoms with Crippen LogP contribution in [0.15, 0.2) is 78.9 Å². The number of rotatable bonds is 9. The topological polar surface area (TPSA) is 59.0 Å². The van der Waals surface area contributed by atoms with E-state index in [4.69, 9.17) is 14.6 Å². The molecule has 0 bridgehead atoms. The van der Waals surface area contributed by atoms with Gasteiger partial charge in [-0.3, -0.25) is 9.69 Å². The van der Waals surface area contributed by atoms with Gasteiger partial charge in [0.05, 0.1) is 12.7 Å². The summed E-state index contributed by atoms with van der Waals surface area (Å²) >= 11 is 0. The quantitative estimate of drug-likeness (QED) is 0.525. The number of hydrogen-bond acceptors (Lipinski definition) is 4. The summed E-state index contributed by atoms with van der Waals surface area (Å²) in [4.78, 5) is 13.1. The first-order valence-corrected chi connectivity index (χ1v) is 11.1. The molecule has 1 aliphatic heterocycles. The van der Waals surface area contributed by atoms with E-state index in [2.05, 4.69) is 53.4 Å². The van der Waals surface area contributed by atoms with Crippen molar-refractivity contribution in [3.05, 3.63) is 101 Å². The maximum Gasteiger partial charge on any atom is 0.303 e. The number of carboxylic acids is 1. The van der Waals surface area contributed by atoms with Crippen LogP contribution in [0.3, 0.4) is 0 Å². The minimum Gasteiger partial charge on any atom is -0.489 e. The standard InChI is InChI=1S/C27H29NO4/c29-27(30)15-12-21-10-13-25(14-11-21)32-20-23-8-6-22(7-9-23)18-28-16-17-31-26(19-28)24-4-2-1-3-5-24/h1-11,13-14,26H,12,15-20H2,(H,29,30).